The van der Waals surface area contributed by atoms with Gasteiger partial charge in [0.05, 0.1) is 5.60 Å². The molecule has 1 atom stereocenters. The summed E-state index contributed by atoms with van der Waals surface area (Å²) in [5.74, 6) is 0. The quantitative estimate of drug-likeness (QED) is 0.679. The van der Waals surface area contributed by atoms with E-state index >= 15 is 0 Å². The van der Waals surface area contributed by atoms with Crippen molar-refractivity contribution < 1.29 is 4.74 Å². The van der Waals surface area contributed by atoms with Crippen LogP contribution >= 0.6 is 0 Å². The molecule has 0 bridgehead atoms. The minimum atomic E-state index is -0.0773. The molecular formula is C11H26N2O. The normalized spacial score (nSPS) is 14.8. The van der Waals surface area contributed by atoms with Gasteiger partial charge in [0.25, 0.3) is 0 Å². The zero-order valence-corrected chi connectivity index (χ0v) is 10.3. The van der Waals surface area contributed by atoms with E-state index in [9.17, 15) is 0 Å². The van der Waals surface area contributed by atoms with Gasteiger partial charge >= 0.3 is 0 Å². The Bertz CT molecular complexity index is 148. The summed E-state index contributed by atoms with van der Waals surface area (Å²) in [6.07, 6.45) is 2.15. The van der Waals surface area contributed by atoms with Crippen LogP contribution in [0.4, 0.5) is 0 Å². The molecule has 0 rings (SSSR count). The van der Waals surface area contributed by atoms with E-state index in [-0.39, 0.29) is 5.60 Å². The van der Waals surface area contributed by atoms with Crippen LogP contribution in [0.25, 0.3) is 0 Å². The molecular weight excluding hydrogens is 176 g/mol. The van der Waals surface area contributed by atoms with Gasteiger partial charge in [-0.1, -0.05) is 6.92 Å². The summed E-state index contributed by atoms with van der Waals surface area (Å²) in [6, 6.07) is 0.421. The minimum Gasteiger partial charge on any atom is -0.379 e. The van der Waals surface area contributed by atoms with Crippen LogP contribution in [0, 0.1) is 0 Å². The summed E-state index contributed by atoms with van der Waals surface area (Å²) in [6.45, 7) is 8.20. The topological polar surface area (TPSA) is 38.5 Å². The Morgan fingerprint density at radius 2 is 2.00 bits per heavy atom. The molecule has 0 aliphatic heterocycles. The standard InChI is InChI=1S/C11H26N2O/c1-6-7-13(4)10(9-12)8-11(2,3)14-5/h10H,6-9,12H2,1-5H3. The number of methoxy groups -OCH3 is 1. The lowest BCUT2D eigenvalue weighted by molar-refractivity contribution is -0.00445. The maximum atomic E-state index is 5.77. The van der Waals surface area contributed by atoms with Crippen LogP contribution in [-0.2, 0) is 4.74 Å². The fourth-order valence-corrected chi connectivity index (χ4v) is 1.61. The summed E-state index contributed by atoms with van der Waals surface area (Å²) in [5.41, 5.74) is 5.69. The maximum Gasteiger partial charge on any atom is 0.0638 e. The van der Waals surface area contributed by atoms with Crippen LogP contribution in [-0.4, -0.2) is 43.8 Å². The summed E-state index contributed by atoms with van der Waals surface area (Å²) < 4.78 is 5.42. The number of hydrogen-bond acceptors (Lipinski definition) is 3. The maximum absolute atomic E-state index is 5.77. The molecule has 0 saturated carbocycles. The molecule has 0 aromatic rings. The van der Waals surface area contributed by atoms with Gasteiger partial charge in [-0.25, -0.2) is 0 Å². The fraction of sp³-hybridized carbons (Fsp3) is 1.00. The summed E-state index contributed by atoms with van der Waals surface area (Å²) in [4.78, 5) is 2.32. The van der Waals surface area contributed by atoms with Gasteiger partial charge in [0.2, 0.25) is 0 Å². The van der Waals surface area contributed by atoms with Crippen LogP contribution in [0.15, 0.2) is 0 Å². The van der Waals surface area contributed by atoms with E-state index in [1.807, 2.05) is 0 Å². The number of nitrogens with two attached hydrogens (primary N) is 1. The highest BCUT2D eigenvalue weighted by atomic mass is 16.5. The molecule has 0 amide bonds. The minimum absolute atomic E-state index is 0.0773. The molecule has 0 aromatic heterocycles. The lowest BCUT2D eigenvalue weighted by atomic mass is 9.98. The van der Waals surface area contributed by atoms with Gasteiger partial charge in [-0.2, -0.15) is 0 Å². The van der Waals surface area contributed by atoms with Crippen LogP contribution in [0.2, 0.25) is 0 Å². The van der Waals surface area contributed by atoms with Gasteiger partial charge in [-0.05, 0) is 40.3 Å². The first-order valence-corrected chi connectivity index (χ1v) is 5.42. The molecule has 3 heteroatoms. The predicted molar refractivity (Wildman–Crippen MR) is 61.5 cm³/mol. The molecule has 3 nitrogen and oxygen atoms in total. The van der Waals surface area contributed by atoms with E-state index in [0.717, 1.165) is 13.0 Å². The lowest BCUT2D eigenvalue weighted by Gasteiger charge is -2.33. The number of rotatable bonds is 7. The fourth-order valence-electron chi connectivity index (χ4n) is 1.61. The number of ether oxygens (including phenoxy) is 1. The van der Waals surface area contributed by atoms with Gasteiger partial charge in [0.15, 0.2) is 0 Å². The van der Waals surface area contributed by atoms with E-state index < -0.39 is 0 Å². The Morgan fingerprint density at radius 3 is 2.36 bits per heavy atom. The average Bonchev–Trinajstić information content (AvgIpc) is 2.14. The number of hydrogen-bond donors (Lipinski definition) is 1. The van der Waals surface area contributed by atoms with Gasteiger partial charge in [0, 0.05) is 19.7 Å². The molecule has 0 aliphatic rings. The Morgan fingerprint density at radius 1 is 1.43 bits per heavy atom. The SMILES string of the molecule is CCCN(C)C(CN)CC(C)(C)OC. The van der Waals surface area contributed by atoms with Crippen LogP contribution < -0.4 is 5.73 Å². The summed E-state index contributed by atoms with van der Waals surface area (Å²) in [7, 11) is 3.89. The smallest absolute Gasteiger partial charge is 0.0638 e. The molecule has 0 saturated heterocycles. The van der Waals surface area contributed by atoms with E-state index in [4.69, 9.17) is 10.5 Å². The molecule has 0 spiro atoms. The Labute approximate surface area is 88.6 Å². The van der Waals surface area contributed by atoms with Gasteiger partial charge < -0.3 is 15.4 Å². The third kappa shape index (κ3) is 4.94. The zero-order valence-electron chi connectivity index (χ0n) is 10.3. The molecule has 0 aromatic carbocycles. The summed E-state index contributed by atoms with van der Waals surface area (Å²) >= 11 is 0. The van der Waals surface area contributed by atoms with Crippen molar-refractivity contribution in [1.29, 1.82) is 0 Å². The van der Waals surface area contributed by atoms with Crippen molar-refractivity contribution in [2.24, 2.45) is 5.73 Å². The molecule has 0 radical (unpaired) electrons. The molecule has 0 heterocycles. The second-order valence-electron chi connectivity index (χ2n) is 4.54. The van der Waals surface area contributed by atoms with Crippen molar-refractivity contribution in [1.82, 2.24) is 4.90 Å². The largest absolute Gasteiger partial charge is 0.379 e. The van der Waals surface area contributed by atoms with Gasteiger partial charge in [-0.3, -0.25) is 0 Å². The van der Waals surface area contributed by atoms with Crippen molar-refractivity contribution in [3.05, 3.63) is 0 Å². The van der Waals surface area contributed by atoms with Crippen molar-refractivity contribution in [2.45, 2.75) is 45.3 Å². The van der Waals surface area contributed by atoms with E-state index in [2.05, 4.69) is 32.7 Å². The van der Waals surface area contributed by atoms with Crippen LogP contribution in [0.3, 0.4) is 0 Å². The summed E-state index contributed by atoms with van der Waals surface area (Å²) in [5, 5.41) is 0. The first-order valence-electron chi connectivity index (χ1n) is 5.42. The second kappa shape index (κ2) is 6.38. The Hall–Kier alpha value is -0.120. The van der Waals surface area contributed by atoms with Crippen molar-refractivity contribution in [3.8, 4) is 0 Å². The highest BCUT2D eigenvalue weighted by molar-refractivity contribution is 4.79. The molecule has 0 fully saturated rings. The first-order chi connectivity index (χ1) is 6.46. The third-order valence-corrected chi connectivity index (χ3v) is 2.75. The predicted octanol–water partition coefficient (Wildman–Crippen LogP) is 1.47. The van der Waals surface area contributed by atoms with Crippen molar-refractivity contribution >= 4 is 0 Å². The molecule has 2 N–H and O–H groups in total. The Kier molecular flexibility index (Phi) is 6.33. The monoisotopic (exact) mass is 202 g/mol. The second-order valence-corrected chi connectivity index (χ2v) is 4.54. The molecule has 86 valence electrons. The lowest BCUT2D eigenvalue weighted by Crippen LogP contribution is -2.43. The van der Waals surface area contributed by atoms with E-state index in [1.165, 1.54) is 6.42 Å². The zero-order chi connectivity index (χ0) is 11.2. The highest BCUT2D eigenvalue weighted by Crippen LogP contribution is 2.17. The third-order valence-electron chi connectivity index (χ3n) is 2.75. The highest BCUT2D eigenvalue weighted by Gasteiger charge is 2.24. The van der Waals surface area contributed by atoms with Crippen molar-refractivity contribution in [3.63, 3.8) is 0 Å². The van der Waals surface area contributed by atoms with Gasteiger partial charge in [0.1, 0.15) is 0 Å². The van der Waals surface area contributed by atoms with E-state index in [0.29, 0.717) is 12.6 Å². The molecule has 1 unspecified atom stereocenters. The first kappa shape index (κ1) is 13.9. The van der Waals surface area contributed by atoms with E-state index in [1.54, 1.807) is 7.11 Å². The number of likely N-dealkylation sites (N-methyl/N-ethyl adjacent to an activating group) is 1. The van der Waals surface area contributed by atoms with Crippen LogP contribution in [0.1, 0.15) is 33.6 Å². The van der Waals surface area contributed by atoms with Crippen molar-refractivity contribution in [2.75, 3.05) is 27.2 Å². The number of nitrogens with zero attached hydrogens (tertiary/aromatic N) is 1. The van der Waals surface area contributed by atoms with Gasteiger partial charge in [-0.15, -0.1) is 0 Å². The average molecular weight is 202 g/mol. The van der Waals surface area contributed by atoms with Crippen LogP contribution in [0.5, 0.6) is 0 Å². The molecule has 0 aliphatic carbocycles. The molecule has 14 heavy (non-hydrogen) atoms. The Balaban J connectivity index is 4.14.